The molecule has 1 saturated heterocycles. The molecule has 6 rings (SSSR count). The van der Waals surface area contributed by atoms with Gasteiger partial charge in [0.05, 0.1) is 10.5 Å². The van der Waals surface area contributed by atoms with Crippen LogP contribution >= 0.6 is 11.6 Å². The first-order valence-corrected chi connectivity index (χ1v) is 11.6. The summed E-state index contributed by atoms with van der Waals surface area (Å²) in [6, 6.07) is 15.1. The van der Waals surface area contributed by atoms with E-state index < -0.39 is 0 Å². The van der Waals surface area contributed by atoms with E-state index in [1.54, 1.807) is 12.1 Å². The number of nitrogens with one attached hydrogen (secondary N) is 1. The molecular weight excluding hydrogens is 439 g/mol. The van der Waals surface area contributed by atoms with Crippen molar-refractivity contribution < 1.29 is 9.13 Å². The highest BCUT2D eigenvalue weighted by atomic mass is 35.5. The first kappa shape index (κ1) is 20.7. The summed E-state index contributed by atoms with van der Waals surface area (Å²) in [6.45, 7) is 4.97. The third-order valence-electron chi connectivity index (χ3n) is 6.54. The van der Waals surface area contributed by atoms with Crippen LogP contribution in [0.15, 0.2) is 60.9 Å². The summed E-state index contributed by atoms with van der Waals surface area (Å²) in [5.74, 6) is 1.03. The maximum atomic E-state index is 13.6. The molecule has 7 heteroatoms. The highest BCUT2D eigenvalue weighted by Gasteiger charge is 2.22. The smallest absolute Gasteiger partial charge is 0.142 e. The highest BCUT2D eigenvalue weighted by Crippen LogP contribution is 2.35. The van der Waals surface area contributed by atoms with Crippen molar-refractivity contribution in [2.45, 2.75) is 19.0 Å². The topological polar surface area (TPSA) is 42.3 Å². The van der Waals surface area contributed by atoms with Crippen LogP contribution in [-0.2, 0) is 13.1 Å². The zero-order chi connectivity index (χ0) is 22.4. The Morgan fingerprint density at radius 3 is 2.88 bits per heavy atom. The Bertz CT molecular complexity index is 1330. The Kier molecular flexibility index (Phi) is 5.29. The standard InChI is InChI=1S/C26H24ClFN4O/c27-23-12-22(32-6-4-18-10-21(28)1-2-25(18)32)11-19-16-31(7-8-33-26(19)23)15-17-3-5-30-24(9-17)20-13-29-14-20/h1-6,9-12,20,29H,7-8,13-16H2. The molecule has 0 bridgehead atoms. The van der Waals surface area contributed by atoms with Gasteiger partial charge in [0.1, 0.15) is 18.2 Å². The van der Waals surface area contributed by atoms with Crippen LogP contribution in [0.5, 0.6) is 5.75 Å². The molecular formula is C26H24ClFN4O. The Morgan fingerprint density at radius 2 is 2.03 bits per heavy atom. The molecule has 33 heavy (non-hydrogen) atoms. The van der Waals surface area contributed by atoms with Gasteiger partial charge in [-0.15, -0.1) is 0 Å². The number of hydrogen-bond acceptors (Lipinski definition) is 4. The predicted octanol–water partition coefficient (Wildman–Crippen LogP) is 4.90. The van der Waals surface area contributed by atoms with E-state index in [-0.39, 0.29) is 5.82 Å². The number of aromatic nitrogens is 2. The fraction of sp³-hybridized carbons (Fsp3) is 0.269. The number of nitrogens with zero attached hydrogens (tertiary/aromatic N) is 3. The average molecular weight is 463 g/mol. The van der Waals surface area contributed by atoms with E-state index in [0.717, 1.165) is 60.6 Å². The van der Waals surface area contributed by atoms with Gasteiger partial charge in [-0.05, 0) is 54.1 Å². The highest BCUT2D eigenvalue weighted by molar-refractivity contribution is 6.32. The van der Waals surface area contributed by atoms with E-state index in [4.69, 9.17) is 16.3 Å². The summed E-state index contributed by atoms with van der Waals surface area (Å²) in [7, 11) is 0. The van der Waals surface area contributed by atoms with Gasteiger partial charge in [0.2, 0.25) is 0 Å². The van der Waals surface area contributed by atoms with Crippen LogP contribution in [0.4, 0.5) is 4.39 Å². The third-order valence-corrected chi connectivity index (χ3v) is 6.82. The quantitative estimate of drug-likeness (QED) is 0.468. The Morgan fingerprint density at radius 1 is 1.12 bits per heavy atom. The van der Waals surface area contributed by atoms with Gasteiger partial charge in [0, 0.05) is 73.4 Å². The second-order valence-electron chi connectivity index (χ2n) is 8.81. The fourth-order valence-electron chi connectivity index (χ4n) is 4.69. The van der Waals surface area contributed by atoms with Gasteiger partial charge >= 0.3 is 0 Å². The number of halogens is 2. The number of fused-ring (bicyclic) bond motifs is 2. The first-order chi connectivity index (χ1) is 16.1. The molecule has 1 fully saturated rings. The van der Waals surface area contributed by atoms with Gasteiger partial charge in [-0.3, -0.25) is 9.88 Å². The van der Waals surface area contributed by atoms with E-state index in [9.17, 15) is 4.39 Å². The molecule has 0 radical (unpaired) electrons. The van der Waals surface area contributed by atoms with Crippen LogP contribution < -0.4 is 10.1 Å². The molecule has 2 aromatic heterocycles. The van der Waals surface area contributed by atoms with Crippen LogP contribution in [0.1, 0.15) is 22.7 Å². The van der Waals surface area contributed by atoms with E-state index in [1.165, 1.54) is 17.3 Å². The average Bonchev–Trinajstić information content (AvgIpc) is 3.06. The minimum atomic E-state index is -0.239. The zero-order valence-electron chi connectivity index (χ0n) is 18.1. The van der Waals surface area contributed by atoms with Gasteiger partial charge in [0.15, 0.2) is 0 Å². The van der Waals surface area contributed by atoms with Gasteiger partial charge in [-0.2, -0.15) is 0 Å². The number of ether oxygens (including phenoxy) is 1. The lowest BCUT2D eigenvalue weighted by atomic mass is 9.97. The summed E-state index contributed by atoms with van der Waals surface area (Å²) >= 11 is 6.67. The first-order valence-electron chi connectivity index (χ1n) is 11.2. The minimum Gasteiger partial charge on any atom is -0.490 e. The van der Waals surface area contributed by atoms with Gasteiger partial charge in [-0.1, -0.05) is 11.6 Å². The van der Waals surface area contributed by atoms with Crippen LogP contribution in [0.3, 0.4) is 0 Å². The maximum absolute atomic E-state index is 13.6. The maximum Gasteiger partial charge on any atom is 0.142 e. The Labute approximate surface area is 196 Å². The van der Waals surface area contributed by atoms with Crippen molar-refractivity contribution in [1.82, 2.24) is 19.8 Å². The summed E-state index contributed by atoms with van der Waals surface area (Å²) in [4.78, 5) is 6.95. The molecule has 4 heterocycles. The van der Waals surface area contributed by atoms with Crippen molar-refractivity contribution in [1.29, 1.82) is 0 Å². The molecule has 0 aliphatic carbocycles. The Hall–Kier alpha value is -2.93. The molecule has 0 amide bonds. The minimum absolute atomic E-state index is 0.239. The van der Waals surface area contributed by atoms with Crippen LogP contribution in [-0.4, -0.2) is 40.7 Å². The van der Waals surface area contributed by atoms with Crippen LogP contribution in [0.2, 0.25) is 5.02 Å². The molecule has 0 spiro atoms. The second kappa shape index (κ2) is 8.45. The molecule has 2 aliphatic heterocycles. The molecule has 0 atom stereocenters. The lowest BCUT2D eigenvalue weighted by Gasteiger charge is -2.27. The fourth-order valence-corrected chi connectivity index (χ4v) is 4.98. The second-order valence-corrected chi connectivity index (χ2v) is 9.22. The molecule has 4 aromatic rings. The summed E-state index contributed by atoms with van der Waals surface area (Å²) in [5, 5.41) is 4.77. The van der Waals surface area contributed by atoms with Crippen LogP contribution in [0.25, 0.3) is 16.6 Å². The van der Waals surface area contributed by atoms with E-state index >= 15 is 0 Å². The van der Waals surface area contributed by atoms with Gasteiger partial charge in [-0.25, -0.2) is 4.39 Å². The van der Waals surface area contributed by atoms with E-state index in [1.807, 2.05) is 29.1 Å². The summed E-state index contributed by atoms with van der Waals surface area (Å²) in [5.41, 5.74) is 5.36. The number of benzene rings is 2. The van der Waals surface area contributed by atoms with Crippen LogP contribution in [0, 0.1) is 5.82 Å². The van der Waals surface area contributed by atoms with E-state index in [0.29, 0.717) is 17.5 Å². The Balaban J connectivity index is 1.30. The summed E-state index contributed by atoms with van der Waals surface area (Å²) in [6.07, 6.45) is 3.87. The number of rotatable bonds is 4. The molecule has 2 aliphatic rings. The lowest BCUT2D eigenvalue weighted by Crippen LogP contribution is -2.40. The van der Waals surface area contributed by atoms with Gasteiger partial charge in [0.25, 0.3) is 0 Å². The molecule has 1 N–H and O–H groups in total. The van der Waals surface area contributed by atoms with Gasteiger partial charge < -0.3 is 14.6 Å². The van der Waals surface area contributed by atoms with Crippen molar-refractivity contribution >= 4 is 22.5 Å². The number of hydrogen-bond donors (Lipinski definition) is 1. The molecule has 2 aromatic carbocycles. The lowest BCUT2D eigenvalue weighted by molar-refractivity contribution is 0.219. The SMILES string of the molecule is Fc1ccc2c(ccn2-c2cc(Cl)c3c(c2)CN(Cc2ccnc(C4CNC4)c2)CCO3)c1. The largest absolute Gasteiger partial charge is 0.490 e. The molecule has 0 saturated carbocycles. The zero-order valence-corrected chi connectivity index (χ0v) is 18.9. The monoisotopic (exact) mass is 462 g/mol. The van der Waals surface area contributed by atoms with Crippen molar-refractivity contribution in [2.75, 3.05) is 26.2 Å². The van der Waals surface area contributed by atoms with Crippen molar-refractivity contribution in [3.8, 4) is 11.4 Å². The third kappa shape index (κ3) is 3.99. The molecule has 0 unspecified atom stereocenters. The predicted molar refractivity (Wildman–Crippen MR) is 128 cm³/mol. The molecule has 168 valence electrons. The van der Waals surface area contributed by atoms with Crippen molar-refractivity contribution in [3.05, 3.63) is 88.6 Å². The van der Waals surface area contributed by atoms with Crippen molar-refractivity contribution in [2.24, 2.45) is 0 Å². The molecule has 5 nitrogen and oxygen atoms in total. The van der Waals surface area contributed by atoms with Crippen molar-refractivity contribution in [3.63, 3.8) is 0 Å². The number of pyridine rings is 1. The normalized spacial score (nSPS) is 16.8. The summed E-state index contributed by atoms with van der Waals surface area (Å²) < 4.78 is 21.7. The van der Waals surface area contributed by atoms with E-state index in [2.05, 4.69) is 33.4 Å².